The van der Waals surface area contributed by atoms with Crippen molar-refractivity contribution in [3.05, 3.63) is 71.4 Å². The predicted octanol–water partition coefficient (Wildman–Crippen LogP) is 4.74. The van der Waals surface area contributed by atoms with Crippen LogP contribution in [0.15, 0.2) is 53.4 Å². The van der Waals surface area contributed by atoms with Crippen LogP contribution in [-0.4, -0.2) is 40.4 Å². The number of aromatic nitrogens is 2. The van der Waals surface area contributed by atoms with E-state index < -0.39 is 39.6 Å². The number of ketones is 1. The summed E-state index contributed by atoms with van der Waals surface area (Å²) in [6.07, 6.45) is -3.54. The van der Waals surface area contributed by atoms with E-state index in [2.05, 4.69) is 5.10 Å². The Morgan fingerprint density at radius 2 is 1.70 bits per heavy atom. The van der Waals surface area contributed by atoms with Crippen molar-refractivity contribution in [1.82, 2.24) is 14.1 Å². The fraction of sp³-hybridized carbons (Fsp3) is 0.360. The molecule has 3 aromatic rings. The topological polar surface area (TPSA) is 72.3 Å². The summed E-state index contributed by atoms with van der Waals surface area (Å²) in [5.41, 5.74) is -0.478. The molecule has 0 unspecified atom stereocenters. The molecule has 0 amide bonds. The smallest absolute Gasteiger partial charge is 0.298 e. The Labute approximate surface area is 209 Å². The molecular formula is C25H22F5N3O3S. The third kappa shape index (κ3) is 4.68. The van der Waals surface area contributed by atoms with Gasteiger partial charge in [0.1, 0.15) is 11.6 Å². The summed E-state index contributed by atoms with van der Waals surface area (Å²) in [5, 5.41) is 3.45. The molecule has 12 heteroatoms. The summed E-state index contributed by atoms with van der Waals surface area (Å²) in [6.45, 7) is 0. The first-order valence-electron chi connectivity index (χ1n) is 11.6. The zero-order valence-corrected chi connectivity index (χ0v) is 20.4. The monoisotopic (exact) mass is 539 g/mol. The second-order valence-electron chi connectivity index (χ2n) is 9.47. The van der Waals surface area contributed by atoms with Crippen LogP contribution in [0.2, 0.25) is 0 Å². The molecule has 2 aromatic carbocycles. The number of hydrogen-bond acceptors (Lipinski definition) is 4. The summed E-state index contributed by atoms with van der Waals surface area (Å²) in [5.74, 6) is -1.70. The molecule has 1 aromatic heterocycles. The standard InChI is InChI=1S/C25H22F5N3O3S/c1-32-21(13-23(31-32)25(28,29)30)15-8-14(9-18(27)10-15)2-7-22(34)24-16-11-19(12-16)33(24)37(35,36)20-5-3-17(26)4-6-20/h3-6,8-10,13,16,19,24H,2,7,11-12H2,1H3/t16?,19?,24-/m0/s1. The van der Waals surface area contributed by atoms with E-state index >= 15 is 0 Å². The molecule has 3 fully saturated rings. The number of aryl methyl sites for hydroxylation is 2. The molecule has 1 aliphatic carbocycles. The second-order valence-corrected chi connectivity index (χ2v) is 11.3. The van der Waals surface area contributed by atoms with Gasteiger partial charge in [-0.25, -0.2) is 17.2 Å². The SMILES string of the molecule is Cn1nc(C(F)(F)F)cc1-c1cc(F)cc(CCC(=O)[C@@H]2C3CC(C3)N2S(=O)(=O)c2ccc(F)cc2)c1. The highest BCUT2D eigenvalue weighted by Crippen LogP contribution is 2.49. The van der Waals surface area contributed by atoms with Gasteiger partial charge in [-0.05, 0) is 79.3 Å². The van der Waals surface area contributed by atoms with Gasteiger partial charge in [0, 0.05) is 25.1 Å². The number of carbonyl (C=O) groups is 1. The van der Waals surface area contributed by atoms with Crippen molar-refractivity contribution in [2.75, 3.05) is 0 Å². The Bertz CT molecular complexity index is 1460. The molecular weight excluding hydrogens is 517 g/mol. The van der Waals surface area contributed by atoms with E-state index in [0.29, 0.717) is 18.4 Å². The van der Waals surface area contributed by atoms with Gasteiger partial charge in [0.05, 0.1) is 16.6 Å². The molecule has 6 rings (SSSR count). The first-order valence-corrected chi connectivity index (χ1v) is 13.0. The molecule has 2 bridgehead atoms. The van der Waals surface area contributed by atoms with Crippen molar-refractivity contribution in [2.24, 2.45) is 13.0 Å². The summed E-state index contributed by atoms with van der Waals surface area (Å²) >= 11 is 0. The van der Waals surface area contributed by atoms with Gasteiger partial charge < -0.3 is 0 Å². The minimum Gasteiger partial charge on any atom is -0.298 e. The summed E-state index contributed by atoms with van der Waals surface area (Å²) in [6, 6.07) is 7.87. The van der Waals surface area contributed by atoms with E-state index in [9.17, 15) is 35.2 Å². The number of rotatable bonds is 7. The van der Waals surface area contributed by atoms with Crippen LogP contribution in [0, 0.1) is 17.6 Å². The van der Waals surface area contributed by atoms with Gasteiger partial charge in [-0.2, -0.15) is 22.6 Å². The first kappa shape index (κ1) is 25.5. The average molecular weight is 540 g/mol. The number of benzene rings is 2. The van der Waals surface area contributed by atoms with Crippen molar-refractivity contribution in [2.45, 2.75) is 48.8 Å². The van der Waals surface area contributed by atoms with Crippen LogP contribution in [0.3, 0.4) is 0 Å². The lowest BCUT2D eigenvalue weighted by Crippen LogP contribution is -2.41. The van der Waals surface area contributed by atoms with Gasteiger partial charge in [-0.1, -0.05) is 0 Å². The Hall–Kier alpha value is -3.12. The third-order valence-electron chi connectivity index (χ3n) is 7.03. The summed E-state index contributed by atoms with van der Waals surface area (Å²) < 4.78 is 95.5. The summed E-state index contributed by atoms with van der Waals surface area (Å²) in [4.78, 5) is 13.1. The molecule has 2 aliphatic heterocycles. The van der Waals surface area contributed by atoms with Crippen LogP contribution >= 0.6 is 0 Å². The fourth-order valence-corrected chi connectivity index (χ4v) is 7.12. The van der Waals surface area contributed by atoms with Crippen LogP contribution < -0.4 is 0 Å². The molecule has 1 atom stereocenters. The molecule has 3 aliphatic rings. The van der Waals surface area contributed by atoms with E-state index in [-0.39, 0.29) is 46.7 Å². The number of sulfonamides is 1. The molecule has 1 saturated carbocycles. The molecule has 37 heavy (non-hydrogen) atoms. The zero-order valence-electron chi connectivity index (χ0n) is 19.5. The predicted molar refractivity (Wildman–Crippen MR) is 123 cm³/mol. The Morgan fingerprint density at radius 3 is 2.32 bits per heavy atom. The number of fused-ring (bicyclic) bond motifs is 1. The largest absolute Gasteiger partial charge is 0.435 e. The number of Topliss-reactive ketones (excluding diaryl/α,β-unsaturated/α-hetero) is 1. The highest BCUT2D eigenvalue weighted by molar-refractivity contribution is 7.89. The number of carbonyl (C=O) groups excluding carboxylic acids is 1. The van der Waals surface area contributed by atoms with Crippen LogP contribution in [0.5, 0.6) is 0 Å². The van der Waals surface area contributed by atoms with E-state index in [1.165, 1.54) is 35.6 Å². The van der Waals surface area contributed by atoms with Gasteiger partial charge in [0.25, 0.3) is 0 Å². The van der Waals surface area contributed by atoms with Crippen molar-refractivity contribution >= 4 is 15.8 Å². The first-order chi connectivity index (χ1) is 17.3. The van der Waals surface area contributed by atoms with E-state index in [1.54, 1.807) is 0 Å². The number of nitrogens with zero attached hydrogens (tertiary/aromatic N) is 3. The van der Waals surface area contributed by atoms with Gasteiger partial charge in [0.2, 0.25) is 10.0 Å². The summed E-state index contributed by atoms with van der Waals surface area (Å²) in [7, 11) is -2.70. The van der Waals surface area contributed by atoms with E-state index in [1.807, 2.05) is 0 Å². The van der Waals surface area contributed by atoms with E-state index in [0.717, 1.165) is 28.9 Å². The van der Waals surface area contributed by atoms with E-state index in [4.69, 9.17) is 0 Å². The fourth-order valence-electron chi connectivity index (χ4n) is 5.24. The van der Waals surface area contributed by atoms with Gasteiger partial charge in [0.15, 0.2) is 11.5 Å². The lowest BCUT2D eigenvalue weighted by molar-refractivity contribution is -0.141. The van der Waals surface area contributed by atoms with Crippen molar-refractivity contribution < 1.29 is 35.2 Å². The molecule has 2 saturated heterocycles. The highest BCUT2D eigenvalue weighted by atomic mass is 32.2. The highest BCUT2D eigenvalue weighted by Gasteiger charge is 2.58. The molecule has 6 nitrogen and oxygen atoms in total. The zero-order chi connectivity index (χ0) is 26.7. The number of alkyl halides is 3. The molecule has 0 radical (unpaired) electrons. The molecule has 196 valence electrons. The average Bonchev–Trinajstić information content (AvgIpc) is 3.48. The molecule has 0 spiro atoms. The minimum absolute atomic E-state index is 0.0626. The third-order valence-corrected chi connectivity index (χ3v) is 8.98. The maximum Gasteiger partial charge on any atom is 0.435 e. The lowest BCUT2D eigenvalue weighted by Gasteiger charge is -2.25. The maximum atomic E-state index is 14.4. The van der Waals surface area contributed by atoms with Crippen LogP contribution in [0.25, 0.3) is 11.3 Å². The lowest BCUT2D eigenvalue weighted by atomic mass is 9.81. The quantitative estimate of drug-likeness (QED) is 0.407. The molecule has 0 N–H and O–H groups in total. The number of halogens is 5. The minimum atomic E-state index is -4.65. The van der Waals surface area contributed by atoms with Crippen molar-refractivity contribution in [3.63, 3.8) is 0 Å². The van der Waals surface area contributed by atoms with Gasteiger partial charge >= 0.3 is 6.18 Å². The normalized spacial score (nSPS) is 21.7. The maximum absolute atomic E-state index is 14.4. The van der Waals surface area contributed by atoms with Crippen LogP contribution in [-0.2, 0) is 34.5 Å². The van der Waals surface area contributed by atoms with Gasteiger partial charge in [-0.3, -0.25) is 9.48 Å². The Kier molecular flexibility index (Phi) is 6.22. The second kappa shape index (κ2) is 9.02. The van der Waals surface area contributed by atoms with Crippen molar-refractivity contribution in [1.29, 1.82) is 0 Å². The van der Waals surface area contributed by atoms with Crippen LogP contribution in [0.4, 0.5) is 22.0 Å². The molecule has 3 heterocycles. The van der Waals surface area contributed by atoms with Gasteiger partial charge in [-0.15, -0.1) is 0 Å². The number of hydrogen-bond donors (Lipinski definition) is 0. The van der Waals surface area contributed by atoms with Crippen LogP contribution in [0.1, 0.15) is 30.5 Å². The Morgan fingerprint density at radius 1 is 1.03 bits per heavy atom. The van der Waals surface area contributed by atoms with Crippen molar-refractivity contribution in [3.8, 4) is 11.3 Å². The Balaban J connectivity index is 1.35.